The molecule has 0 amide bonds. The summed E-state index contributed by atoms with van der Waals surface area (Å²) in [5.41, 5.74) is 12.4. The van der Waals surface area contributed by atoms with Crippen molar-refractivity contribution in [3.05, 3.63) is 58.8 Å². The number of carboxylic acids is 1. The summed E-state index contributed by atoms with van der Waals surface area (Å²) in [5.74, 6) is -1.85. The monoisotopic (exact) mass is 519 g/mol. The number of carboxylic acid groups (broad SMARTS) is 1. The van der Waals surface area contributed by atoms with E-state index >= 15 is 0 Å². The molecule has 1 unspecified atom stereocenters. The molecule has 3 aromatic rings. The number of aliphatic hydroxyl groups excluding tert-OH is 3. The smallest absolute Gasteiger partial charge is 0.351 e. The van der Waals surface area contributed by atoms with Gasteiger partial charge in [0.25, 0.3) is 0 Å². The molecule has 4 rings (SSSR count). The Hall–Kier alpha value is -3.82. The van der Waals surface area contributed by atoms with Crippen molar-refractivity contribution < 1.29 is 39.5 Å². The van der Waals surface area contributed by atoms with Gasteiger partial charge >= 0.3 is 17.6 Å². The van der Waals surface area contributed by atoms with E-state index in [9.17, 15) is 24.6 Å². The van der Waals surface area contributed by atoms with Crippen LogP contribution < -0.4 is 17.2 Å². The van der Waals surface area contributed by atoms with Crippen LogP contribution in [0.15, 0.2) is 47.4 Å². The van der Waals surface area contributed by atoms with Crippen LogP contribution in [0.5, 0.6) is 0 Å². The van der Waals surface area contributed by atoms with E-state index < -0.39 is 54.3 Å². The third-order valence-corrected chi connectivity index (χ3v) is 5.54. The number of aromatic amines is 1. The molecule has 0 radical (unpaired) electrons. The highest BCUT2D eigenvalue weighted by atomic mass is 16.6. The number of carbonyl (C=O) groups is 2. The molecule has 9 N–H and O–H groups in total. The molecule has 2 aromatic heterocycles. The number of ether oxygens (including phenoxy) is 2. The lowest BCUT2D eigenvalue weighted by molar-refractivity contribution is -0.151. The number of benzene rings is 1. The number of esters is 1. The third-order valence-electron chi connectivity index (χ3n) is 5.54. The SMILES string of the molecule is CC(O)C(=O)O.Nc1ccn([C@@H]2O[C@H](COC(=O)[C@H](N)Cc3cc4ccccc4[nH]3)[C@@H](O)[C@@H]2O)c(=O)n1. The van der Waals surface area contributed by atoms with Gasteiger partial charge in [-0.05, 0) is 30.5 Å². The highest BCUT2D eigenvalue weighted by Crippen LogP contribution is 2.28. The Labute approximate surface area is 210 Å². The van der Waals surface area contributed by atoms with Crippen LogP contribution in [0.25, 0.3) is 10.9 Å². The van der Waals surface area contributed by atoms with E-state index in [0.29, 0.717) is 0 Å². The average Bonchev–Trinajstić information content (AvgIpc) is 3.38. The second-order valence-corrected chi connectivity index (χ2v) is 8.43. The van der Waals surface area contributed by atoms with E-state index in [-0.39, 0.29) is 18.8 Å². The Bertz CT molecular complexity index is 1260. The maximum absolute atomic E-state index is 12.3. The van der Waals surface area contributed by atoms with E-state index in [1.165, 1.54) is 19.2 Å². The molecule has 37 heavy (non-hydrogen) atoms. The predicted molar refractivity (Wildman–Crippen MR) is 129 cm³/mol. The number of nitrogens with zero attached hydrogens (tertiary/aromatic N) is 2. The van der Waals surface area contributed by atoms with Crippen LogP contribution in [0.4, 0.5) is 5.82 Å². The second kappa shape index (κ2) is 11.9. The number of para-hydroxylation sites is 1. The van der Waals surface area contributed by atoms with Crippen molar-refractivity contribution in [1.82, 2.24) is 14.5 Å². The molecule has 14 nitrogen and oxygen atoms in total. The number of carbonyl (C=O) groups excluding carboxylic acids is 1. The summed E-state index contributed by atoms with van der Waals surface area (Å²) < 4.78 is 11.7. The maximum Gasteiger partial charge on any atom is 0.351 e. The van der Waals surface area contributed by atoms with E-state index in [2.05, 4.69) is 9.97 Å². The van der Waals surface area contributed by atoms with Gasteiger partial charge in [0.15, 0.2) is 6.23 Å². The van der Waals surface area contributed by atoms with Gasteiger partial charge in [-0.1, -0.05) is 18.2 Å². The Morgan fingerprint density at radius 2 is 1.92 bits per heavy atom. The molecule has 0 bridgehead atoms. The number of nitrogens with one attached hydrogen (secondary N) is 1. The fourth-order valence-corrected chi connectivity index (χ4v) is 3.55. The molecule has 0 saturated carbocycles. The summed E-state index contributed by atoms with van der Waals surface area (Å²) in [6.07, 6.45) is -4.74. The van der Waals surface area contributed by atoms with Gasteiger partial charge in [0.1, 0.15) is 42.9 Å². The highest BCUT2D eigenvalue weighted by molar-refractivity contribution is 5.81. The van der Waals surface area contributed by atoms with Crippen molar-refractivity contribution in [2.45, 2.75) is 50.0 Å². The van der Waals surface area contributed by atoms with Crippen molar-refractivity contribution in [3.63, 3.8) is 0 Å². The predicted octanol–water partition coefficient (Wildman–Crippen LogP) is -1.51. The molecule has 6 atom stereocenters. The van der Waals surface area contributed by atoms with Crippen molar-refractivity contribution >= 4 is 28.7 Å². The zero-order valence-corrected chi connectivity index (χ0v) is 19.8. The molecule has 200 valence electrons. The first-order valence-corrected chi connectivity index (χ1v) is 11.2. The first-order valence-electron chi connectivity index (χ1n) is 11.2. The molecule has 3 heterocycles. The number of fused-ring (bicyclic) bond motifs is 1. The summed E-state index contributed by atoms with van der Waals surface area (Å²) in [6, 6.07) is 10.0. The summed E-state index contributed by atoms with van der Waals surface area (Å²) in [7, 11) is 0. The summed E-state index contributed by atoms with van der Waals surface area (Å²) in [6.45, 7) is 0.855. The Morgan fingerprint density at radius 3 is 2.54 bits per heavy atom. The number of H-pyrrole nitrogens is 1. The van der Waals surface area contributed by atoms with Gasteiger partial charge < -0.3 is 46.4 Å². The number of rotatable bonds is 7. The molecular weight excluding hydrogens is 490 g/mol. The number of hydrogen-bond acceptors (Lipinski definition) is 11. The zero-order valence-electron chi connectivity index (χ0n) is 19.8. The molecule has 14 heteroatoms. The highest BCUT2D eigenvalue weighted by Gasteiger charge is 2.44. The van der Waals surface area contributed by atoms with E-state index in [4.69, 9.17) is 31.2 Å². The van der Waals surface area contributed by atoms with Gasteiger partial charge in [-0.2, -0.15) is 4.98 Å². The van der Waals surface area contributed by atoms with E-state index in [1.54, 1.807) is 0 Å². The number of aliphatic carboxylic acids is 1. The minimum absolute atomic E-state index is 0.0173. The molecule has 0 aliphatic carbocycles. The number of aromatic nitrogens is 3. The van der Waals surface area contributed by atoms with Crippen LogP contribution in [0.2, 0.25) is 0 Å². The first kappa shape index (κ1) is 27.8. The number of aliphatic hydroxyl groups is 3. The van der Waals surface area contributed by atoms with Crippen molar-refractivity contribution in [2.24, 2.45) is 5.73 Å². The van der Waals surface area contributed by atoms with Gasteiger partial charge in [0, 0.05) is 23.8 Å². The van der Waals surface area contributed by atoms with Crippen LogP contribution in [0.1, 0.15) is 18.8 Å². The average molecular weight is 520 g/mol. The molecule has 1 aromatic carbocycles. The summed E-state index contributed by atoms with van der Waals surface area (Å²) >= 11 is 0. The zero-order chi connectivity index (χ0) is 27.3. The Kier molecular flexibility index (Phi) is 8.96. The summed E-state index contributed by atoms with van der Waals surface area (Å²) in [4.78, 5) is 40.5. The minimum atomic E-state index is -1.42. The van der Waals surface area contributed by atoms with Gasteiger partial charge in [0.2, 0.25) is 0 Å². The van der Waals surface area contributed by atoms with Crippen LogP contribution >= 0.6 is 0 Å². The largest absolute Gasteiger partial charge is 0.479 e. The lowest BCUT2D eigenvalue weighted by atomic mass is 10.1. The quantitative estimate of drug-likeness (QED) is 0.176. The summed E-state index contributed by atoms with van der Waals surface area (Å²) in [5, 5.41) is 37.3. The van der Waals surface area contributed by atoms with Crippen LogP contribution in [-0.4, -0.2) is 84.0 Å². The van der Waals surface area contributed by atoms with Crippen molar-refractivity contribution in [3.8, 4) is 0 Å². The maximum atomic E-state index is 12.3. The van der Waals surface area contributed by atoms with Crippen molar-refractivity contribution in [1.29, 1.82) is 0 Å². The molecule has 1 fully saturated rings. The molecule has 0 spiro atoms. The van der Waals surface area contributed by atoms with Gasteiger partial charge in [-0.25, -0.2) is 9.59 Å². The van der Waals surface area contributed by atoms with Gasteiger partial charge in [-0.15, -0.1) is 0 Å². The fraction of sp³-hybridized carbons (Fsp3) is 0.391. The third kappa shape index (κ3) is 6.90. The fourth-order valence-electron chi connectivity index (χ4n) is 3.55. The van der Waals surface area contributed by atoms with Crippen LogP contribution in [0, 0.1) is 0 Å². The standard InChI is InChI=1S/C20H23N5O6.C3H6O3/c21-12(8-11-7-10-3-1-2-4-13(10)23-11)19(28)30-9-14-16(26)17(27)18(31-14)25-6-5-15(22)24-20(25)29;1-2(4)3(5)6/h1-7,12,14,16-18,23,26-27H,8-9,21H2,(H2,22,24,29);2,4H,1H3,(H,5,6)/t12-,14-,16-,17+,18-;/m1./s1. The minimum Gasteiger partial charge on any atom is -0.479 e. The lowest BCUT2D eigenvalue weighted by Crippen LogP contribution is -2.39. The topological polar surface area (TPSA) is 236 Å². The van der Waals surface area contributed by atoms with Gasteiger partial charge in [-0.3, -0.25) is 9.36 Å². The van der Waals surface area contributed by atoms with Crippen LogP contribution in [-0.2, 0) is 25.5 Å². The first-order chi connectivity index (χ1) is 17.5. The number of nitrogens with two attached hydrogens (primary N) is 2. The molecular formula is C23H29N5O9. The van der Waals surface area contributed by atoms with E-state index in [0.717, 1.165) is 21.2 Å². The van der Waals surface area contributed by atoms with Gasteiger partial charge in [0.05, 0.1) is 0 Å². The van der Waals surface area contributed by atoms with Crippen molar-refractivity contribution in [2.75, 3.05) is 12.3 Å². The normalized spacial score (nSPS) is 22.6. The number of nitrogen functional groups attached to an aromatic ring is 1. The molecule has 1 aliphatic heterocycles. The molecule has 1 saturated heterocycles. The van der Waals surface area contributed by atoms with Crippen LogP contribution in [0.3, 0.4) is 0 Å². The second-order valence-electron chi connectivity index (χ2n) is 8.43. The van der Waals surface area contributed by atoms with E-state index in [1.807, 2.05) is 30.3 Å². The lowest BCUT2D eigenvalue weighted by Gasteiger charge is -2.17. The molecule has 1 aliphatic rings. The number of hydrogen-bond donors (Lipinski definition) is 7. The Balaban J connectivity index is 0.000000568. The number of anilines is 1. The Morgan fingerprint density at radius 1 is 1.24 bits per heavy atom.